The summed E-state index contributed by atoms with van der Waals surface area (Å²) in [4.78, 5) is 12.7. The van der Waals surface area contributed by atoms with Crippen LogP contribution in [0, 0.1) is 13.8 Å². The van der Waals surface area contributed by atoms with Crippen molar-refractivity contribution in [3.63, 3.8) is 0 Å². The van der Waals surface area contributed by atoms with Gasteiger partial charge in [-0.15, -0.1) is 0 Å². The Kier molecular flexibility index (Phi) is 7.55. The van der Waals surface area contributed by atoms with Crippen molar-refractivity contribution in [2.24, 2.45) is 0 Å². The predicted octanol–water partition coefficient (Wildman–Crippen LogP) is 3.80. The Hall–Kier alpha value is -2.89. The molecule has 0 saturated carbocycles. The molecule has 6 heteroatoms. The summed E-state index contributed by atoms with van der Waals surface area (Å²) >= 11 is 0. The molecule has 152 valence electrons. The molecule has 1 N–H and O–H groups in total. The number of amides is 1. The summed E-state index contributed by atoms with van der Waals surface area (Å²) < 4.78 is 22.1. The van der Waals surface area contributed by atoms with Crippen molar-refractivity contribution in [2.75, 3.05) is 21.3 Å². The van der Waals surface area contributed by atoms with E-state index in [9.17, 15) is 4.79 Å². The van der Waals surface area contributed by atoms with Crippen LogP contribution in [0.3, 0.4) is 0 Å². The number of methoxy groups -OCH3 is 3. The van der Waals surface area contributed by atoms with E-state index in [-0.39, 0.29) is 12.5 Å². The van der Waals surface area contributed by atoms with Crippen LogP contribution in [0.1, 0.15) is 30.0 Å². The standard InChI is InChI=1S/C22H29NO5/c1-7-18(28-17-11-14(2)10-15(3)12-17)22(24)23-13-16-8-9-19(25-4)21(27-6)20(16)26-5/h8-12,18H,7,13H2,1-6H3,(H,23,24). The number of rotatable bonds is 9. The van der Waals surface area contributed by atoms with Crippen LogP contribution in [-0.2, 0) is 11.3 Å². The first-order valence-corrected chi connectivity index (χ1v) is 9.23. The number of aryl methyl sites for hydroxylation is 2. The zero-order valence-corrected chi connectivity index (χ0v) is 17.4. The van der Waals surface area contributed by atoms with Gasteiger partial charge >= 0.3 is 0 Å². The lowest BCUT2D eigenvalue weighted by Crippen LogP contribution is -2.37. The molecule has 6 nitrogen and oxygen atoms in total. The Labute approximate surface area is 166 Å². The first kappa shape index (κ1) is 21.4. The summed E-state index contributed by atoms with van der Waals surface area (Å²) in [5.41, 5.74) is 2.98. The van der Waals surface area contributed by atoms with Gasteiger partial charge < -0.3 is 24.3 Å². The van der Waals surface area contributed by atoms with E-state index in [0.717, 1.165) is 16.7 Å². The van der Waals surface area contributed by atoms with Gasteiger partial charge in [0, 0.05) is 12.1 Å². The van der Waals surface area contributed by atoms with Crippen molar-refractivity contribution in [2.45, 2.75) is 39.8 Å². The second kappa shape index (κ2) is 9.88. The molecule has 2 aromatic carbocycles. The van der Waals surface area contributed by atoms with Crippen LogP contribution in [0.5, 0.6) is 23.0 Å². The lowest BCUT2D eigenvalue weighted by molar-refractivity contribution is -0.128. The fourth-order valence-corrected chi connectivity index (χ4v) is 3.09. The number of hydrogen-bond donors (Lipinski definition) is 1. The van der Waals surface area contributed by atoms with Gasteiger partial charge in [0.15, 0.2) is 17.6 Å². The summed E-state index contributed by atoms with van der Waals surface area (Å²) in [7, 11) is 4.67. The van der Waals surface area contributed by atoms with Gasteiger partial charge in [-0.2, -0.15) is 0 Å². The molecular weight excluding hydrogens is 358 g/mol. The summed E-state index contributed by atoms with van der Waals surface area (Å²) in [6.45, 7) is 6.22. The van der Waals surface area contributed by atoms with Gasteiger partial charge in [-0.25, -0.2) is 0 Å². The fraction of sp³-hybridized carbons (Fsp3) is 0.409. The number of nitrogens with one attached hydrogen (secondary N) is 1. The third-order valence-electron chi connectivity index (χ3n) is 4.38. The number of carbonyl (C=O) groups excluding carboxylic acids is 1. The third-order valence-corrected chi connectivity index (χ3v) is 4.38. The van der Waals surface area contributed by atoms with Crippen molar-refractivity contribution in [3.8, 4) is 23.0 Å². The lowest BCUT2D eigenvalue weighted by Gasteiger charge is -2.19. The molecule has 0 radical (unpaired) electrons. The molecular formula is C22H29NO5. The van der Waals surface area contributed by atoms with Crippen molar-refractivity contribution < 1.29 is 23.7 Å². The zero-order valence-electron chi connectivity index (χ0n) is 17.4. The molecule has 2 aromatic rings. The lowest BCUT2D eigenvalue weighted by atomic mass is 10.1. The number of benzene rings is 2. The van der Waals surface area contributed by atoms with Gasteiger partial charge in [-0.05, 0) is 55.7 Å². The Morgan fingerprint density at radius 2 is 1.61 bits per heavy atom. The van der Waals surface area contributed by atoms with E-state index < -0.39 is 6.10 Å². The molecule has 2 rings (SSSR count). The Morgan fingerprint density at radius 1 is 0.964 bits per heavy atom. The Balaban J connectivity index is 2.11. The van der Waals surface area contributed by atoms with E-state index in [2.05, 4.69) is 11.4 Å². The van der Waals surface area contributed by atoms with Crippen molar-refractivity contribution in [1.82, 2.24) is 5.32 Å². The average molecular weight is 387 g/mol. The average Bonchev–Trinajstić information content (AvgIpc) is 2.68. The van der Waals surface area contributed by atoms with E-state index in [0.29, 0.717) is 29.4 Å². The van der Waals surface area contributed by atoms with Crippen LogP contribution in [0.15, 0.2) is 30.3 Å². The quantitative estimate of drug-likeness (QED) is 0.709. The SMILES string of the molecule is CCC(Oc1cc(C)cc(C)c1)C(=O)NCc1ccc(OC)c(OC)c1OC. The number of ether oxygens (including phenoxy) is 4. The highest BCUT2D eigenvalue weighted by Gasteiger charge is 2.21. The Bertz CT molecular complexity index is 799. The van der Waals surface area contributed by atoms with E-state index in [1.165, 1.54) is 0 Å². The van der Waals surface area contributed by atoms with Gasteiger partial charge in [-0.3, -0.25) is 4.79 Å². The molecule has 0 aliphatic heterocycles. The highest BCUT2D eigenvalue weighted by molar-refractivity contribution is 5.81. The van der Waals surface area contributed by atoms with Gasteiger partial charge in [-0.1, -0.05) is 13.0 Å². The van der Waals surface area contributed by atoms with Gasteiger partial charge in [0.05, 0.1) is 21.3 Å². The normalized spacial score (nSPS) is 11.5. The molecule has 0 aliphatic rings. The number of hydrogen-bond acceptors (Lipinski definition) is 5. The minimum atomic E-state index is -0.577. The van der Waals surface area contributed by atoms with Crippen LogP contribution in [-0.4, -0.2) is 33.3 Å². The summed E-state index contributed by atoms with van der Waals surface area (Å²) in [6, 6.07) is 9.55. The monoisotopic (exact) mass is 387 g/mol. The van der Waals surface area contributed by atoms with Crippen LogP contribution in [0.4, 0.5) is 0 Å². The first-order valence-electron chi connectivity index (χ1n) is 9.23. The topological polar surface area (TPSA) is 66.0 Å². The molecule has 0 saturated heterocycles. The molecule has 1 unspecified atom stereocenters. The van der Waals surface area contributed by atoms with E-state index >= 15 is 0 Å². The predicted molar refractivity (Wildman–Crippen MR) is 109 cm³/mol. The van der Waals surface area contributed by atoms with Crippen molar-refractivity contribution in [1.29, 1.82) is 0 Å². The third kappa shape index (κ3) is 5.09. The maximum Gasteiger partial charge on any atom is 0.261 e. The van der Waals surface area contributed by atoms with Crippen LogP contribution >= 0.6 is 0 Å². The largest absolute Gasteiger partial charge is 0.493 e. The smallest absolute Gasteiger partial charge is 0.261 e. The maximum atomic E-state index is 12.7. The second-order valence-electron chi connectivity index (χ2n) is 6.55. The minimum Gasteiger partial charge on any atom is -0.493 e. The zero-order chi connectivity index (χ0) is 20.7. The minimum absolute atomic E-state index is 0.182. The molecule has 0 spiro atoms. The fourth-order valence-electron chi connectivity index (χ4n) is 3.09. The van der Waals surface area contributed by atoms with E-state index in [4.69, 9.17) is 18.9 Å². The molecule has 1 amide bonds. The van der Waals surface area contributed by atoms with Crippen molar-refractivity contribution >= 4 is 5.91 Å². The Morgan fingerprint density at radius 3 is 2.14 bits per heavy atom. The first-order chi connectivity index (χ1) is 13.4. The van der Waals surface area contributed by atoms with Crippen LogP contribution in [0.25, 0.3) is 0 Å². The van der Waals surface area contributed by atoms with Gasteiger partial charge in [0.25, 0.3) is 5.91 Å². The maximum absolute atomic E-state index is 12.7. The molecule has 0 aliphatic carbocycles. The molecule has 28 heavy (non-hydrogen) atoms. The summed E-state index contributed by atoms with van der Waals surface area (Å²) in [5, 5.41) is 2.92. The molecule has 0 heterocycles. The van der Waals surface area contributed by atoms with Crippen LogP contribution < -0.4 is 24.3 Å². The van der Waals surface area contributed by atoms with E-state index in [1.807, 2.05) is 39.0 Å². The molecule has 1 atom stereocenters. The summed E-state index contributed by atoms with van der Waals surface area (Å²) in [6.07, 6.45) is -0.0191. The van der Waals surface area contributed by atoms with E-state index in [1.54, 1.807) is 27.4 Å². The highest BCUT2D eigenvalue weighted by Crippen LogP contribution is 2.39. The molecule has 0 bridgehead atoms. The van der Waals surface area contributed by atoms with Gasteiger partial charge in [0.2, 0.25) is 5.75 Å². The van der Waals surface area contributed by atoms with Gasteiger partial charge in [0.1, 0.15) is 5.75 Å². The van der Waals surface area contributed by atoms with Crippen LogP contribution in [0.2, 0.25) is 0 Å². The van der Waals surface area contributed by atoms with Crippen molar-refractivity contribution in [3.05, 3.63) is 47.0 Å². The number of carbonyl (C=O) groups is 1. The molecule has 0 fully saturated rings. The molecule has 0 aromatic heterocycles. The highest BCUT2D eigenvalue weighted by atomic mass is 16.5. The summed E-state index contributed by atoms with van der Waals surface area (Å²) in [5.74, 6) is 2.11. The second-order valence-corrected chi connectivity index (χ2v) is 6.55.